The fourth-order valence-corrected chi connectivity index (χ4v) is 2.03. The quantitative estimate of drug-likeness (QED) is 0.553. The molecule has 9 heteroatoms. The third kappa shape index (κ3) is 4.25. The van der Waals surface area contributed by atoms with E-state index in [1.807, 2.05) is 0 Å². The highest BCUT2D eigenvalue weighted by Crippen LogP contribution is 2.12. The van der Waals surface area contributed by atoms with Gasteiger partial charge in [-0.2, -0.15) is 0 Å². The van der Waals surface area contributed by atoms with Gasteiger partial charge in [0.25, 0.3) is 0 Å². The van der Waals surface area contributed by atoms with Gasteiger partial charge in [-0.3, -0.25) is 4.79 Å². The summed E-state index contributed by atoms with van der Waals surface area (Å²) in [5, 5.41) is 7.30. The van der Waals surface area contributed by atoms with E-state index in [4.69, 9.17) is 9.47 Å². The van der Waals surface area contributed by atoms with Crippen LogP contribution in [0.15, 0.2) is 24.3 Å². The topological polar surface area (TPSA) is 100 Å². The molecule has 0 unspecified atom stereocenters. The molecule has 2 aromatic rings. The molecule has 8 nitrogen and oxygen atoms in total. The van der Waals surface area contributed by atoms with Crippen molar-refractivity contribution in [3.05, 3.63) is 47.0 Å². The van der Waals surface area contributed by atoms with Gasteiger partial charge in [-0.15, -0.1) is 5.10 Å². The molecular weight excluding hydrogens is 333 g/mol. The first kappa shape index (κ1) is 18.2. The van der Waals surface area contributed by atoms with Gasteiger partial charge in [-0.1, -0.05) is 5.21 Å². The second-order valence-corrected chi connectivity index (χ2v) is 4.82. The Kier molecular flexibility index (Phi) is 5.93. The number of esters is 2. The molecule has 0 radical (unpaired) electrons. The molecule has 1 aromatic carbocycles. The van der Waals surface area contributed by atoms with E-state index >= 15 is 0 Å². The van der Waals surface area contributed by atoms with Crippen molar-refractivity contribution in [1.82, 2.24) is 15.0 Å². The minimum absolute atomic E-state index is 0.0676. The molecule has 1 heterocycles. The average Bonchev–Trinajstić information content (AvgIpc) is 2.99. The normalized spacial score (nSPS) is 10.4. The van der Waals surface area contributed by atoms with E-state index in [1.54, 1.807) is 13.8 Å². The number of rotatable bonds is 7. The van der Waals surface area contributed by atoms with Gasteiger partial charge in [0.05, 0.1) is 13.2 Å². The summed E-state index contributed by atoms with van der Waals surface area (Å²) in [4.78, 5) is 36.3. The minimum atomic E-state index is -0.845. The summed E-state index contributed by atoms with van der Waals surface area (Å²) in [5.74, 6) is -2.60. The van der Waals surface area contributed by atoms with Crippen LogP contribution in [0.2, 0.25) is 0 Å². The maximum Gasteiger partial charge on any atom is 0.361 e. The second kappa shape index (κ2) is 8.13. The molecule has 2 rings (SSSR count). The number of aromatic nitrogens is 3. The Morgan fingerprint density at radius 2 is 1.64 bits per heavy atom. The lowest BCUT2D eigenvalue weighted by molar-refractivity contribution is 0.0466. The monoisotopic (exact) mass is 349 g/mol. The largest absolute Gasteiger partial charge is 0.461 e. The smallest absolute Gasteiger partial charge is 0.361 e. The van der Waals surface area contributed by atoms with Crippen molar-refractivity contribution < 1.29 is 28.2 Å². The highest BCUT2D eigenvalue weighted by atomic mass is 19.1. The molecule has 0 saturated carbocycles. The Hall–Kier alpha value is -3.10. The molecule has 0 spiro atoms. The molecular formula is C16H16FN3O5. The molecule has 0 aliphatic rings. The molecule has 1 aromatic heterocycles. The Morgan fingerprint density at radius 1 is 1.04 bits per heavy atom. The molecule has 132 valence electrons. The van der Waals surface area contributed by atoms with E-state index in [9.17, 15) is 18.8 Å². The molecule has 0 saturated heterocycles. The summed E-state index contributed by atoms with van der Waals surface area (Å²) >= 11 is 0. The van der Waals surface area contributed by atoms with Crippen LogP contribution in [0.4, 0.5) is 4.39 Å². The summed E-state index contributed by atoms with van der Waals surface area (Å²) < 4.78 is 23.6. The van der Waals surface area contributed by atoms with Gasteiger partial charge in [0.15, 0.2) is 11.5 Å². The SMILES string of the molecule is CCOC(=O)c1nnn(CC(=O)c2ccc(F)cc2)c1C(=O)OCC. The fourth-order valence-electron chi connectivity index (χ4n) is 2.03. The Labute approximate surface area is 142 Å². The number of Topliss-reactive ketones (excluding diaryl/α,β-unsaturated/α-hetero) is 1. The first-order valence-electron chi connectivity index (χ1n) is 7.54. The summed E-state index contributed by atoms with van der Waals surface area (Å²) in [6.07, 6.45) is 0. The zero-order chi connectivity index (χ0) is 18.4. The predicted molar refractivity (Wildman–Crippen MR) is 82.7 cm³/mol. The van der Waals surface area contributed by atoms with Crippen LogP contribution in [0.25, 0.3) is 0 Å². The average molecular weight is 349 g/mol. The predicted octanol–water partition coefficient (Wildman–Crippen LogP) is 1.65. The minimum Gasteiger partial charge on any atom is -0.461 e. The van der Waals surface area contributed by atoms with Gasteiger partial charge >= 0.3 is 11.9 Å². The van der Waals surface area contributed by atoms with Crippen LogP contribution in [-0.2, 0) is 16.0 Å². The maximum absolute atomic E-state index is 12.9. The Morgan fingerprint density at radius 3 is 2.24 bits per heavy atom. The fraction of sp³-hybridized carbons (Fsp3) is 0.312. The summed E-state index contributed by atoms with van der Waals surface area (Å²) in [5.41, 5.74) is -0.368. The molecule has 0 aliphatic carbocycles. The van der Waals surface area contributed by atoms with Gasteiger partial charge in [-0.05, 0) is 38.1 Å². The van der Waals surface area contributed by atoms with Crippen LogP contribution in [0.1, 0.15) is 45.2 Å². The highest BCUT2D eigenvalue weighted by molar-refractivity contribution is 6.01. The van der Waals surface area contributed by atoms with Crippen LogP contribution in [0.3, 0.4) is 0 Å². The highest BCUT2D eigenvalue weighted by Gasteiger charge is 2.28. The molecule has 0 amide bonds. The van der Waals surface area contributed by atoms with Crippen molar-refractivity contribution >= 4 is 17.7 Å². The van der Waals surface area contributed by atoms with E-state index in [-0.39, 0.29) is 36.7 Å². The third-order valence-corrected chi connectivity index (χ3v) is 3.13. The first-order valence-corrected chi connectivity index (χ1v) is 7.54. The van der Waals surface area contributed by atoms with Gasteiger partial charge in [0, 0.05) is 5.56 Å². The number of benzene rings is 1. The Balaban J connectivity index is 2.33. The van der Waals surface area contributed by atoms with Crippen LogP contribution in [0.5, 0.6) is 0 Å². The number of halogens is 1. The van der Waals surface area contributed by atoms with Gasteiger partial charge < -0.3 is 9.47 Å². The zero-order valence-electron chi connectivity index (χ0n) is 13.7. The lowest BCUT2D eigenvalue weighted by Gasteiger charge is -2.07. The van der Waals surface area contributed by atoms with E-state index in [1.165, 1.54) is 12.1 Å². The van der Waals surface area contributed by atoms with Gasteiger partial charge in [-0.25, -0.2) is 18.7 Å². The van der Waals surface area contributed by atoms with Crippen LogP contribution in [-0.4, -0.2) is 45.9 Å². The number of ether oxygens (including phenoxy) is 2. The Bertz CT molecular complexity index is 786. The first-order chi connectivity index (χ1) is 12.0. The second-order valence-electron chi connectivity index (χ2n) is 4.82. The number of nitrogens with zero attached hydrogens (tertiary/aromatic N) is 3. The van der Waals surface area contributed by atoms with E-state index in [0.717, 1.165) is 16.8 Å². The van der Waals surface area contributed by atoms with Crippen LogP contribution < -0.4 is 0 Å². The van der Waals surface area contributed by atoms with Crippen molar-refractivity contribution in [3.8, 4) is 0 Å². The maximum atomic E-state index is 12.9. The zero-order valence-corrected chi connectivity index (χ0v) is 13.7. The molecule has 0 N–H and O–H groups in total. The number of hydrogen-bond acceptors (Lipinski definition) is 7. The van der Waals surface area contributed by atoms with Crippen molar-refractivity contribution in [2.24, 2.45) is 0 Å². The van der Waals surface area contributed by atoms with Crippen molar-refractivity contribution in [2.75, 3.05) is 13.2 Å². The number of carbonyl (C=O) groups excluding carboxylic acids is 3. The van der Waals surface area contributed by atoms with Crippen molar-refractivity contribution in [2.45, 2.75) is 20.4 Å². The number of ketones is 1. The molecule has 0 atom stereocenters. The van der Waals surface area contributed by atoms with Gasteiger partial charge in [0.2, 0.25) is 5.69 Å². The number of carbonyl (C=O) groups is 3. The number of hydrogen-bond donors (Lipinski definition) is 0. The van der Waals surface area contributed by atoms with Gasteiger partial charge in [0.1, 0.15) is 12.4 Å². The molecule has 0 aliphatic heterocycles. The summed E-state index contributed by atoms with van der Waals surface area (Å²) in [6.45, 7) is 2.98. The summed E-state index contributed by atoms with van der Waals surface area (Å²) in [6, 6.07) is 4.91. The van der Waals surface area contributed by atoms with Crippen LogP contribution >= 0.6 is 0 Å². The summed E-state index contributed by atoms with van der Waals surface area (Å²) in [7, 11) is 0. The third-order valence-electron chi connectivity index (χ3n) is 3.13. The molecule has 0 fully saturated rings. The lowest BCUT2D eigenvalue weighted by Crippen LogP contribution is -2.21. The van der Waals surface area contributed by atoms with Crippen molar-refractivity contribution in [1.29, 1.82) is 0 Å². The van der Waals surface area contributed by atoms with E-state index in [2.05, 4.69) is 10.3 Å². The standard InChI is InChI=1S/C16H16FN3O5/c1-3-24-15(22)13-14(16(23)25-4-2)20(19-18-13)9-12(21)10-5-7-11(17)8-6-10/h5-8H,3-4,9H2,1-2H3. The lowest BCUT2D eigenvalue weighted by atomic mass is 10.1. The van der Waals surface area contributed by atoms with E-state index in [0.29, 0.717) is 0 Å². The molecule has 0 bridgehead atoms. The molecule has 25 heavy (non-hydrogen) atoms. The van der Waals surface area contributed by atoms with E-state index < -0.39 is 23.5 Å². The van der Waals surface area contributed by atoms with Crippen molar-refractivity contribution in [3.63, 3.8) is 0 Å². The van der Waals surface area contributed by atoms with Crippen LogP contribution in [0, 0.1) is 5.82 Å².